The van der Waals surface area contributed by atoms with E-state index in [9.17, 15) is 4.79 Å². The molecular weight excluding hydrogens is 378 g/mol. The van der Waals surface area contributed by atoms with Gasteiger partial charge in [-0.15, -0.1) is 0 Å². The smallest absolute Gasteiger partial charge is 0.264 e. The first-order chi connectivity index (χ1) is 13.4. The Labute approximate surface area is 169 Å². The third-order valence-electron chi connectivity index (χ3n) is 4.16. The standard InChI is InChI=1S/C21H22ClN3O3/c1-14-9-15(2)11-18(10-14)27-13-20-23-19(24-28-20)7-8-25(3)21(26)16-5-4-6-17(22)12-16/h4-6,9-12H,7-8,13H2,1-3H3. The first-order valence-electron chi connectivity index (χ1n) is 8.94. The zero-order valence-corrected chi connectivity index (χ0v) is 16.9. The van der Waals surface area contributed by atoms with Gasteiger partial charge in [0.15, 0.2) is 12.4 Å². The van der Waals surface area contributed by atoms with Crippen LogP contribution in [0.25, 0.3) is 0 Å². The largest absolute Gasteiger partial charge is 0.484 e. The summed E-state index contributed by atoms with van der Waals surface area (Å²) in [7, 11) is 1.73. The van der Waals surface area contributed by atoms with Gasteiger partial charge in [-0.25, -0.2) is 0 Å². The molecule has 0 aliphatic rings. The second-order valence-corrected chi connectivity index (χ2v) is 7.14. The number of halogens is 1. The maximum atomic E-state index is 12.4. The lowest BCUT2D eigenvalue weighted by molar-refractivity contribution is 0.0796. The lowest BCUT2D eigenvalue weighted by atomic mass is 10.1. The number of aryl methyl sites for hydroxylation is 2. The van der Waals surface area contributed by atoms with E-state index in [0.29, 0.717) is 35.3 Å². The molecule has 0 N–H and O–H groups in total. The van der Waals surface area contributed by atoms with Gasteiger partial charge in [0, 0.05) is 30.6 Å². The third-order valence-corrected chi connectivity index (χ3v) is 4.39. The van der Waals surface area contributed by atoms with Crippen LogP contribution in [0.3, 0.4) is 0 Å². The average molecular weight is 400 g/mol. The summed E-state index contributed by atoms with van der Waals surface area (Å²) in [6.07, 6.45) is 0.482. The van der Waals surface area contributed by atoms with Crippen LogP contribution in [0, 0.1) is 13.8 Å². The first-order valence-corrected chi connectivity index (χ1v) is 9.32. The Bertz CT molecular complexity index is 951. The summed E-state index contributed by atoms with van der Waals surface area (Å²) < 4.78 is 11.0. The summed E-state index contributed by atoms with van der Waals surface area (Å²) in [4.78, 5) is 18.4. The SMILES string of the molecule is Cc1cc(C)cc(OCc2nc(CCN(C)C(=O)c3cccc(Cl)c3)no2)c1. The van der Waals surface area contributed by atoms with Crippen molar-refractivity contribution in [1.29, 1.82) is 0 Å². The van der Waals surface area contributed by atoms with Crippen LogP contribution in [0.5, 0.6) is 5.75 Å². The summed E-state index contributed by atoms with van der Waals surface area (Å²) in [5, 5.41) is 4.49. The fourth-order valence-corrected chi connectivity index (χ4v) is 3.01. The van der Waals surface area contributed by atoms with Crippen LogP contribution in [0.1, 0.15) is 33.2 Å². The molecule has 0 atom stereocenters. The molecule has 3 aromatic rings. The van der Waals surface area contributed by atoms with E-state index in [1.807, 2.05) is 26.0 Å². The van der Waals surface area contributed by atoms with Crippen molar-refractivity contribution in [1.82, 2.24) is 15.0 Å². The predicted molar refractivity (Wildman–Crippen MR) is 107 cm³/mol. The lowest BCUT2D eigenvalue weighted by Crippen LogP contribution is -2.29. The van der Waals surface area contributed by atoms with Gasteiger partial charge >= 0.3 is 0 Å². The van der Waals surface area contributed by atoms with Gasteiger partial charge in [0.05, 0.1) is 0 Å². The van der Waals surface area contributed by atoms with E-state index in [2.05, 4.69) is 16.2 Å². The van der Waals surface area contributed by atoms with Crippen LogP contribution >= 0.6 is 11.6 Å². The number of carbonyl (C=O) groups is 1. The third kappa shape index (κ3) is 5.33. The number of likely N-dealkylation sites (N-methyl/N-ethyl adjacent to an activating group) is 1. The Balaban J connectivity index is 1.52. The van der Waals surface area contributed by atoms with Crippen LogP contribution in [0.15, 0.2) is 47.0 Å². The predicted octanol–water partition coefficient (Wildman–Crippen LogP) is 4.23. The number of hydrogen-bond donors (Lipinski definition) is 0. The minimum atomic E-state index is -0.107. The number of rotatable bonds is 7. The Hall–Kier alpha value is -2.86. The van der Waals surface area contributed by atoms with Crippen molar-refractivity contribution in [2.75, 3.05) is 13.6 Å². The highest BCUT2D eigenvalue weighted by Crippen LogP contribution is 2.17. The van der Waals surface area contributed by atoms with Crippen molar-refractivity contribution in [2.24, 2.45) is 0 Å². The lowest BCUT2D eigenvalue weighted by Gasteiger charge is -2.16. The highest BCUT2D eigenvalue weighted by Gasteiger charge is 2.14. The summed E-state index contributed by atoms with van der Waals surface area (Å²) >= 11 is 5.95. The Morgan fingerprint density at radius 1 is 1.18 bits per heavy atom. The van der Waals surface area contributed by atoms with Crippen LogP contribution < -0.4 is 4.74 Å². The van der Waals surface area contributed by atoms with Gasteiger partial charge in [0.25, 0.3) is 11.8 Å². The fraction of sp³-hybridized carbons (Fsp3) is 0.286. The van der Waals surface area contributed by atoms with Crippen LogP contribution in [0.2, 0.25) is 5.02 Å². The van der Waals surface area contributed by atoms with Gasteiger partial charge in [0.1, 0.15) is 5.75 Å². The molecule has 1 amide bonds. The van der Waals surface area contributed by atoms with E-state index in [-0.39, 0.29) is 12.5 Å². The highest BCUT2D eigenvalue weighted by atomic mass is 35.5. The average Bonchev–Trinajstić information content (AvgIpc) is 3.11. The van der Waals surface area contributed by atoms with Gasteiger partial charge in [-0.05, 0) is 55.3 Å². The number of aromatic nitrogens is 2. The van der Waals surface area contributed by atoms with Crippen molar-refractivity contribution in [3.8, 4) is 5.75 Å². The molecule has 0 saturated carbocycles. The van der Waals surface area contributed by atoms with Gasteiger partial charge < -0.3 is 14.2 Å². The van der Waals surface area contributed by atoms with Gasteiger partial charge in [-0.2, -0.15) is 4.98 Å². The fourth-order valence-electron chi connectivity index (χ4n) is 2.82. The molecule has 28 heavy (non-hydrogen) atoms. The molecule has 6 nitrogen and oxygen atoms in total. The van der Waals surface area contributed by atoms with Gasteiger partial charge in [-0.1, -0.05) is 28.9 Å². The van der Waals surface area contributed by atoms with Crippen LogP contribution in [-0.2, 0) is 13.0 Å². The topological polar surface area (TPSA) is 68.5 Å². The zero-order chi connectivity index (χ0) is 20.1. The van der Waals surface area contributed by atoms with Crippen molar-refractivity contribution in [2.45, 2.75) is 26.9 Å². The number of carbonyl (C=O) groups excluding carboxylic acids is 1. The maximum Gasteiger partial charge on any atom is 0.264 e. The van der Waals surface area contributed by atoms with E-state index in [4.69, 9.17) is 20.9 Å². The van der Waals surface area contributed by atoms with Gasteiger partial charge in [-0.3, -0.25) is 4.79 Å². The molecule has 0 aliphatic carbocycles. The summed E-state index contributed by atoms with van der Waals surface area (Å²) in [6.45, 7) is 4.70. The minimum absolute atomic E-state index is 0.107. The summed E-state index contributed by atoms with van der Waals surface area (Å²) in [5.41, 5.74) is 2.81. The zero-order valence-electron chi connectivity index (χ0n) is 16.1. The summed E-state index contributed by atoms with van der Waals surface area (Å²) in [5.74, 6) is 1.59. The van der Waals surface area contributed by atoms with Crippen LogP contribution in [-0.4, -0.2) is 34.5 Å². The van der Waals surface area contributed by atoms with E-state index in [0.717, 1.165) is 16.9 Å². The molecule has 0 spiro atoms. The Morgan fingerprint density at radius 3 is 2.64 bits per heavy atom. The Morgan fingerprint density at radius 2 is 1.93 bits per heavy atom. The van der Waals surface area contributed by atoms with Crippen molar-refractivity contribution < 1.29 is 14.1 Å². The van der Waals surface area contributed by atoms with Crippen molar-refractivity contribution >= 4 is 17.5 Å². The van der Waals surface area contributed by atoms with E-state index < -0.39 is 0 Å². The molecular formula is C21H22ClN3O3. The molecule has 0 fully saturated rings. The molecule has 0 unspecified atom stereocenters. The normalized spacial score (nSPS) is 10.7. The van der Waals surface area contributed by atoms with Crippen molar-refractivity contribution in [3.63, 3.8) is 0 Å². The number of nitrogens with zero attached hydrogens (tertiary/aromatic N) is 3. The Kier molecular flexibility index (Phi) is 6.31. The maximum absolute atomic E-state index is 12.4. The van der Waals surface area contributed by atoms with Gasteiger partial charge in [0.2, 0.25) is 0 Å². The first kappa shape index (κ1) is 19.9. The molecule has 0 aliphatic heterocycles. The molecule has 1 heterocycles. The summed E-state index contributed by atoms with van der Waals surface area (Å²) in [6, 6.07) is 12.9. The quantitative estimate of drug-likeness (QED) is 0.594. The number of benzene rings is 2. The minimum Gasteiger partial charge on any atom is -0.484 e. The number of ether oxygens (including phenoxy) is 1. The molecule has 1 aromatic heterocycles. The van der Waals surface area contributed by atoms with E-state index >= 15 is 0 Å². The highest BCUT2D eigenvalue weighted by molar-refractivity contribution is 6.30. The number of amides is 1. The molecule has 0 radical (unpaired) electrons. The van der Waals surface area contributed by atoms with Crippen molar-refractivity contribution in [3.05, 3.63) is 75.9 Å². The van der Waals surface area contributed by atoms with Crippen LogP contribution in [0.4, 0.5) is 0 Å². The molecule has 0 saturated heterocycles. The molecule has 146 valence electrons. The molecule has 3 rings (SSSR count). The van der Waals surface area contributed by atoms with E-state index in [1.54, 1.807) is 36.2 Å². The monoisotopic (exact) mass is 399 g/mol. The van der Waals surface area contributed by atoms with E-state index in [1.165, 1.54) is 0 Å². The number of hydrogen-bond acceptors (Lipinski definition) is 5. The second kappa shape index (κ2) is 8.89. The molecule has 2 aromatic carbocycles. The molecule has 7 heteroatoms. The second-order valence-electron chi connectivity index (χ2n) is 6.70. The molecule has 0 bridgehead atoms.